The van der Waals surface area contributed by atoms with Crippen molar-refractivity contribution in [1.82, 2.24) is 4.98 Å². The molecule has 0 saturated carbocycles. The number of carbonyl (C=O) groups is 2. The summed E-state index contributed by atoms with van der Waals surface area (Å²) in [7, 11) is 0. The molecule has 1 atom stereocenters. The predicted molar refractivity (Wildman–Crippen MR) is 68.4 cm³/mol. The second-order valence-electron chi connectivity index (χ2n) is 4.65. The van der Waals surface area contributed by atoms with Gasteiger partial charge in [-0.25, -0.2) is 4.98 Å². The lowest BCUT2D eigenvalue weighted by molar-refractivity contribution is -0.122. The number of amides is 1. The number of Topliss-reactive ketones (excluding diaryl/α,β-unsaturated/α-hetero) is 1. The van der Waals surface area contributed by atoms with E-state index in [1.807, 2.05) is 4.90 Å². The molecule has 0 radical (unpaired) electrons. The molecule has 2 rings (SSSR count). The van der Waals surface area contributed by atoms with Gasteiger partial charge in [-0.3, -0.25) is 9.59 Å². The number of hydrogen-bond acceptors (Lipinski definition) is 4. The Labute approximate surface area is 106 Å². The molecule has 5 nitrogen and oxygen atoms in total. The van der Waals surface area contributed by atoms with E-state index in [-0.39, 0.29) is 17.6 Å². The van der Waals surface area contributed by atoms with Crippen LogP contribution in [-0.4, -0.2) is 29.8 Å². The van der Waals surface area contributed by atoms with Crippen molar-refractivity contribution in [3.8, 4) is 0 Å². The first kappa shape index (κ1) is 12.5. The second kappa shape index (κ2) is 5.16. The SMILES string of the molecule is CC(=O)c1ccnc(N2CCCC(C(N)=O)C2)c1. The maximum absolute atomic E-state index is 11.3. The molecule has 5 heteroatoms. The van der Waals surface area contributed by atoms with Crippen molar-refractivity contribution in [2.75, 3.05) is 18.0 Å². The maximum atomic E-state index is 11.3. The predicted octanol–water partition coefficient (Wildman–Crippen LogP) is 0.986. The number of nitrogens with zero attached hydrogens (tertiary/aromatic N) is 2. The summed E-state index contributed by atoms with van der Waals surface area (Å²) in [6, 6.07) is 3.47. The van der Waals surface area contributed by atoms with E-state index >= 15 is 0 Å². The second-order valence-corrected chi connectivity index (χ2v) is 4.65. The van der Waals surface area contributed by atoms with E-state index in [9.17, 15) is 9.59 Å². The fraction of sp³-hybridized carbons (Fsp3) is 0.462. The summed E-state index contributed by atoms with van der Waals surface area (Å²) >= 11 is 0. The van der Waals surface area contributed by atoms with Crippen LogP contribution >= 0.6 is 0 Å². The van der Waals surface area contributed by atoms with Crippen LogP contribution < -0.4 is 10.6 Å². The van der Waals surface area contributed by atoms with Crippen LogP contribution in [0, 0.1) is 5.92 Å². The molecule has 1 unspecified atom stereocenters. The Morgan fingerprint density at radius 2 is 2.28 bits per heavy atom. The quantitative estimate of drug-likeness (QED) is 0.808. The van der Waals surface area contributed by atoms with Gasteiger partial charge in [0.2, 0.25) is 5.91 Å². The Hall–Kier alpha value is -1.91. The van der Waals surface area contributed by atoms with Gasteiger partial charge in [-0.2, -0.15) is 0 Å². The number of carbonyl (C=O) groups excluding carboxylic acids is 2. The third-order valence-corrected chi connectivity index (χ3v) is 3.30. The van der Waals surface area contributed by atoms with E-state index in [1.54, 1.807) is 18.3 Å². The maximum Gasteiger partial charge on any atom is 0.222 e. The van der Waals surface area contributed by atoms with E-state index in [1.165, 1.54) is 6.92 Å². The highest BCUT2D eigenvalue weighted by molar-refractivity contribution is 5.94. The molecule has 1 aromatic heterocycles. The fourth-order valence-electron chi connectivity index (χ4n) is 2.23. The Kier molecular flexibility index (Phi) is 3.60. The number of rotatable bonds is 3. The molecule has 0 spiro atoms. The number of aromatic nitrogens is 1. The smallest absolute Gasteiger partial charge is 0.222 e. The van der Waals surface area contributed by atoms with Crippen LogP contribution in [0.2, 0.25) is 0 Å². The molecule has 0 aliphatic carbocycles. The van der Waals surface area contributed by atoms with E-state index in [0.29, 0.717) is 12.1 Å². The number of pyridine rings is 1. The Morgan fingerprint density at radius 3 is 2.94 bits per heavy atom. The summed E-state index contributed by atoms with van der Waals surface area (Å²) < 4.78 is 0. The van der Waals surface area contributed by atoms with Gasteiger partial charge < -0.3 is 10.6 Å². The first-order valence-corrected chi connectivity index (χ1v) is 6.09. The van der Waals surface area contributed by atoms with Crippen molar-refractivity contribution >= 4 is 17.5 Å². The van der Waals surface area contributed by atoms with Gasteiger partial charge in [0.05, 0.1) is 5.92 Å². The molecule has 1 saturated heterocycles. The van der Waals surface area contributed by atoms with Crippen LogP contribution in [0.3, 0.4) is 0 Å². The first-order valence-electron chi connectivity index (χ1n) is 6.09. The van der Waals surface area contributed by atoms with Gasteiger partial charge in [-0.05, 0) is 31.9 Å². The van der Waals surface area contributed by atoms with Crippen LogP contribution in [0.5, 0.6) is 0 Å². The Morgan fingerprint density at radius 1 is 1.50 bits per heavy atom. The molecule has 1 fully saturated rings. The average Bonchev–Trinajstić information content (AvgIpc) is 2.39. The fourth-order valence-corrected chi connectivity index (χ4v) is 2.23. The highest BCUT2D eigenvalue weighted by Crippen LogP contribution is 2.22. The van der Waals surface area contributed by atoms with E-state index in [4.69, 9.17) is 5.73 Å². The van der Waals surface area contributed by atoms with E-state index < -0.39 is 0 Å². The van der Waals surface area contributed by atoms with Crippen LogP contribution in [0.4, 0.5) is 5.82 Å². The molecule has 0 bridgehead atoms. The van der Waals surface area contributed by atoms with Gasteiger partial charge in [0, 0.05) is 24.8 Å². The summed E-state index contributed by atoms with van der Waals surface area (Å²) in [5.74, 6) is 0.375. The molecular formula is C13H17N3O2. The normalized spacial score (nSPS) is 19.6. The van der Waals surface area contributed by atoms with Gasteiger partial charge in [0.15, 0.2) is 5.78 Å². The Bertz CT molecular complexity index is 473. The lowest BCUT2D eigenvalue weighted by Gasteiger charge is -2.32. The molecule has 1 amide bonds. The van der Waals surface area contributed by atoms with Crippen molar-refractivity contribution in [3.63, 3.8) is 0 Å². The number of piperidine rings is 1. The molecular weight excluding hydrogens is 230 g/mol. The minimum absolute atomic E-state index is 0.0158. The molecule has 1 aliphatic heterocycles. The average molecular weight is 247 g/mol. The summed E-state index contributed by atoms with van der Waals surface area (Å²) in [5, 5.41) is 0. The largest absolute Gasteiger partial charge is 0.369 e. The zero-order valence-electron chi connectivity index (χ0n) is 10.4. The minimum atomic E-state index is -0.262. The summed E-state index contributed by atoms with van der Waals surface area (Å²) in [6.07, 6.45) is 3.37. The highest BCUT2D eigenvalue weighted by atomic mass is 16.1. The zero-order valence-corrected chi connectivity index (χ0v) is 10.4. The first-order chi connectivity index (χ1) is 8.58. The lowest BCUT2D eigenvalue weighted by Crippen LogP contribution is -2.41. The van der Waals surface area contributed by atoms with Crippen molar-refractivity contribution in [3.05, 3.63) is 23.9 Å². The highest BCUT2D eigenvalue weighted by Gasteiger charge is 2.24. The molecule has 1 aliphatic rings. The third-order valence-electron chi connectivity index (χ3n) is 3.30. The molecule has 96 valence electrons. The van der Waals surface area contributed by atoms with Gasteiger partial charge in [0.25, 0.3) is 0 Å². The molecule has 18 heavy (non-hydrogen) atoms. The van der Waals surface area contributed by atoms with Crippen LogP contribution in [0.15, 0.2) is 18.3 Å². The summed E-state index contributed by atoms with van der Waals surface area (Å²) in [6.45, 7) is 2.96. The lowest BCUT2D eigenvalue weighted by atomic mass is 9.97. The number of nitrogens with two attached hydrogens (primary N) is 1. The van der Waals surface area contributed by atoms with Crippen molar-refractivity contribution < 1.29 is 9.59 Å². The standard InChI is InChI=1S/C13H17N3O2/c1-9(17)10-4-5-15-12(7-10)16-6-2-3-11(8-16)13(14)18/h4-5,7,11H,2-3,6,8H2,1H3,(H2,14,18). The van der Waals surface area contributed by atoms with Crippen LogP contribution in [0.25, 0.3) is 0 Å². The van der Waals surface area contributed by atoms with Crippen molar-refractivity contribution in [2.45, 2.75) is 19.8 Å². The molecule has 1 aromatic rings. The monoisotopic (exact) mass is 247 g/mol. The van der Waals surface area contributed by atoms with Gasteiger partial charge in [-0.1, -0.05) is 0 Å². The molecule has 2 N–H and O–H groups in total. The number of anilines is 1. The van der Waals surface area contributed by atoms with Crippen molar-refractivity contribution in [1.29, 1.82) is 0 Å². The number of primary amides is 1. The zero-order chi connectivity index (χ0) is 13.1. The molecule has 0 aromatic carbocycles. The Balaban J connectivity index is 2.18. The van der Waals surface area contributed by atoms with Gasteiger partial charge >= 0.3 is 0 Å². The number of ketones is 1. The van der Waals surface area contributed by atoms with Crippen LogP contribution in [-0.2, 0) is 4.79 Å². The van der Waals surface area contributed by atoms with Gasteiger partial charge in [-0.15, -0.1) is 0 Å². The molecule has 2 heterocycles. The summed E-state index contributed by atoms with van der Waals surface area (Å²) in [4.78, 5) is 28.8. The van der Waals surface area contributed by atoms with E-state index in [2.05, 4.69) is 4.98 Å². The summed E-state index contributed by atoms with van der Waals surface area (Å²) in [5.41, 5.74) is 5.99. The minimum Gasteiger partial charge on any atom is -0.369 e. The van der Waals surface area contributed by atoms with Crippen molar-refractivity contribution in [2.24, 2.45) is 11.7 Å². The third kappa shape index (κ3) is 2.67. The topological polar surface area (TPSA) is 76.3 Å². The van der Waals surface area contributed by atoms with Crippen LogP contribution in [0.1, 0.15) is 30.1 Å². The van der Waals surface area contributed by atoms with Gasteiger partial charge in [0.1, 0.15) is 5.82 Å². The number of hydrogen-bond donors (Lipinski definition) is 1. The van der Waals surface area contributed by atoms with E-state index in [0.717, 1.165) is 25.2 Å².